The van der Waals surface area contributed by atoms with Gasteiger partial charge in [0.15, 0.2) is 5.75 Å². The van der Waals surface area contributed by atoms with E-state index in [1.165, 1.54) is 31.4 Å². The highest BCUT2D eigenvalue weighted by molar-refractivity contribution is 5.82. The average Bonchev–Trinajstić information content (AvgIpc) is 2.97. The van der Waals surface area contributed by atoms with Gasteiger partial charge in [-0.3, -0.25) is 20.2 Å². The number of hydrogen-bond acceptors (Lipinski definition) is 7. The number of benzene rings is 2. The van der Waals surface area contributed by atoms with E-state index in [1.54, 1.807) is 0 Å². The predicted octanol–water partition coefficient (Wildman–Crippen LogP) is 2.76. The zero-order valence-corrected chi connectivity index (χ0v) is 12.2. The second-order valence-electron chi connectivity index (χ2n) is 4.85. The number of rotatable bonds is 4. The summed E-state index contributed by atoms with van der Waals surface area (Å²) < 4.78 is 4.94. The lowest BCUT2D eigenvalue weighted by Gasteiger charge is -2.06. The summed E-state index contributed by atoms with van der Waals surface area (Å²) in [5.41, 5.74) is 0.539. The molecule has 3 rings (SSSR count). The number of aromatic amines is 1. The minimum Gasteiger partial charge on any atom is -0.500 e. The Morgan fingerprint density at radius 1 is 1.17 bits per heavy atom. The van der Waals surface area contributed by atoms with Crippen LogP contribution in [0.3, 0.4) is 0 Å². The standard InChI is InChI=1S/C14H10N4O6/c1-24-12-5-7(4-11(13(12)19)18(22)23)14-15-9-3-2-8(17(20)21)6-10(9)16-14/h2-6,19H,1H3,(H,15,16). The molecule has 0 bridgehead atoms. The molecule has 0 saturated heterocycles. The number of H-pyrrole nitrogens is 1. The van der Waals surface area contributed by atoms with Crippen LogP contribution >= 0.6 is 0 Å². The van der Waals surface area contributed by atoms with Crippen LogP contribution in [-0.2, 0) is 0 Å². The first-order valence-electron chi connectivity index (χ1n) is 6.60. The lowest BCUT2D eigenvalue weighted by atomic mass is 10.1. The Labute approximate surface area is 133 Å². The second kappa shape index (κ2) is 5.50. The maximum atomic E-state index is 11.0. The van der Waals surface area contributed by atoms with Crippen LogP contribution in [0.5, 0.6) is 11.5 Å². The van der Waals surface area contributed by atoms with Gasteiger partial charge in [-0.25, -0.2) is 4.98 Å². The van der Waals surface area contributed by atoms with E-state index in [1.807, 2.05) is 0 Å². The number of methoxy groups -OCH3 is 1. The summed E-state index contributed by atoms with van der Waals surface area (Å²) in [6, 6.07) is 6.63. The van der Waals surface area contributed by atoms with E-state index in [4.69, 9.17) is 4.74 Å². The third-order valence-electron chi connectivity index (χ3n) is 3.42. The van der Waals surface area contributed by atoms with Gasteiger partial charge in [-0.15, -0.1) is 0 Å². The summed E-state index contributed by atoms with van der Waals surface area (Å²) in [7, 11) is 1.27. The molecule has 122 valence electrons. The van der Waals surface area contributed by atoms with Crippen LogP contribution in [0, 0.1) is 20.2 Å². The number of non-ortho nitro benzene ring substituents is 1. The van der Waals surface area contributed by atoms with Crippen LogP contribution in [0.25, 0.3) is 22.4 Å². The average molecular weight is 330 g/mol. The van der Waals surface area contributed by atoms with Crippen LogP contribution in [0.15, 0.2) is 30.3 Å². The molecule has 0 fully saturated rings. The molecule has 2 N–H and O–H groups in total. The van der Waals surface area contributed by atoms with Crippen molar-refractivity contribution in [2.75, 3.05) is 7.11 Å². The molecular weight excluding hydrogens is 320 g/mol. The molecule has 0 aliphatic carbocycles. The normalized spacial score (nSPS) is 10.7. The first-order chi connectivity index (χ1) is 11.4. The number of nitrogens with one attached hydrogen (secondary N) is 1. The van der Waals surface area contributed by atoms with E-state index < -0.39 is 21.3 Å². The van der Waals surface area contributed by atoms with Gasteiger partial charge in [-0.2, -0.15) is 0 Å². The number of imidazole rings is 1. The van der Waals surface area contributed by atoms with Crippen molar-refractivity contribution in [3.63, 3.8) is 0 Å². The summed E-state index contributed by atoms with van der Waals surface area (Å²) in [6.45, 7) is 0. The number of aromatic nitrogens is 2. The molecule has 0 aliphatic heterocycles. The highest BCUT2D eigenvalue weighted by Crippen LogP contribution is 2.39. The Kier molecular flexibility index (Phi) is 3.49. The summed E-state index contributed by atoms with van der Waals surface area (Å²) in [5, 5.41) is 31.7. The van der Waals surface area contributed by atoms with E-state index in [2.05, 4.69) is 9.97 Å². The molecular formula is C14H10N4O6. The number of nitro groups is 2. The van der Waals surface area contributed by atoms with Crippen LogP contribution in [0.4, 0.5) is 11.4 Å². The number of phenols is 1. The van der Waals surface area contributed by atoms with Crippen molar-refractivity contribution >= 4 is 22.4 Å². The molecule has 0 unspecified atom stereocenters. The first kappa shape index (κ1) is 15.2. The minimum absolute atomic E-state index is 0.0781. The molecule has 0 spiro atoms. The van der Waals surface area contributed by atoms with E-state index >= 15 is 0 Å². The molecule has 0 aliphatic rings. The summed E-state index contributed by atoms with van der Waals surface area (Å²) in [4.78, 5) is 27.7. The van der Waals surface area contributed by atoms with Crippen molar-refractivity contribution in [3.8, 4) is 22.9 Å². The van der Waals surface area contributed by atoms with Gasteiger partial charge in [0.05, 0.1) is 28.0 Å². The Morgan fingerprint density at radius 3 is 2.54 bits per heavy atom. The third kappa shape index (κ3) is 2.45. The van der Waals surface area contributed by atoms with Crippen molar-refractivity contribution in [2.24, 2.45) is 0 Å². The van der Waals surface area contributed by atoms with E-state index in [-0.39, 0.29) is 17.3 Å². The highest BCUT2D eigenvalue weighted by atomic mass is 16.6. The first-order valence-corrected chi connectivity index (χ1v) is 6.60. The maximum absolute atomic E-state index is 11.0. The zero-order valence-electron chi connectivity index (χ0n) is 12.2. The largest absolute Gasteiger partial charge is 0.500 e. The van der Waals surface area contributed by atoms with Crippen molar-refractivity contribution in [1.82, 2.24) is 9.97 Å². The van der Waals surface area contributed by atoms with Gasteiger partial charge >= 0.3 is 5.69 Å². The number of fused-ring (bicyclic) bond motifs is 1. The van der Waals surface area contributed by atoms with Gasteiger partial charge in [-0.05, 0) is 12.1 Å². The zero-order chi connectivity index (χ0) is 17.4. The molecule has 10 nitrogen and oxygen atoms in total. The molecule has 0 amide bonds. The molecule has 1 aromatic heterocycles. The highest BCUT2D eigenvalue weighted by Gasteiger charge is 2.22. The van der Waals surface area contributed by atoms with E-state index in [0.717, 1.165) is 6.07 Å². The summed E-state index contributed by atoms with van der Waals surface area (Å²) in [6.07, 6.45) is 0. The number of hydrogen-bond donors (Lipinski definition) is 2. The van der Waals surface area contributed by atoms with Gasteiger partial charge in [0.2, 0.25) is 5.75 Å². The Hall–Kier alpha value is -3.69. The lowest BCUT2D eigenvalue weighted by Crippen LogP contribution is -1.94. The molecule has 0 atom stereocenters. The van der Waals surface area contributed by atoms with Gasteiger partial charge < -0.3 is 14.8 Å². The predicted molar refractivity (Wildman–Crippen MR) is 83.1 cm³/mol. The quantitative estimate of drug-likeness (QED) is 0.552. The summed E-state index contributed by atoms with van der Waals surface area (Å²) in [5.74, 6) is -0.407. The van der Waals surface area contributed by atoms with Crippen molar-refractivity contribution in [2.45, 2.75) is 0 Å². The van der Waals surface area contributed by atoms with Gasteiger partial charge in [-0.1, -0.05) is 0 Å². The number of ether oxygens (including phenoxy) is 1. The van der Waals surface area contributed by atoms with Crippen LogP contribution in [0.1, 0.15) is 0 Å². The molecule has 0 radical (unpaired) electrons. The fourth-order valence-corrected chi connectivity index (χ4v) is 2.27. The third-order valence-corrected chi connectivity index (χ3v) is 3.42. The van der Waals surface area contributed by atoms with Gasteiger partial charge in [0.1, 0.15) is 5.82 Å². The van der Waals surface area contributed by atoms with Crippen molar-refractivity contribution in [1.29, 1.82) is 0 Å². The monoisotopic (exact) mass is 330 g/mol. The fraction of sp³-hybridized carbons (Fsp3) is 0.0714. The molecule has 10 heteroatoms. The summed E-state index contributed by atoms with van der Waals surface area (Å²) >= 11 is 0. The Morgan fingerprint density at radius 2 is 1.92 bits per heavy atom. The van der Waals surface area contributed by atoms with Crippen LogP contribution < -0.4 is 4.74 Å². The van der Waals surface area contributed by atoms with Crippen molar-refractivity contribution < 1.29 is 19.7 Å². The van der Waals surface area contributed by atoms with E-state index in [0.29, 0.717) is 16.6 Å². The fourth-order valence-electron chi connectivity index (χ4n) is 2.27. The smallest absolute Gasteiger partial charge is 0.315 e. The number of aromatic hydroxyl groups is 1. The van der Waals surface area contributed by atoms with Crippen LogP contribution in [0.2, 0.25) is 0 Å². The molecule has 2 aromatic carbocycles. The SMILES string of the molecule is COc1cc(-c2nc3ccc([N+](=O)[O-])cc3[nH]2)cc([N+](=O)[O-])c1O. The Bertz CT molecular complexity index is 981. The van der Waals surface area contributed by atoms with Gasteiger partial charge in [0, 0.05) is 23.8 Å². The minimum atomic E-state index is -0.741. The Balaban J connectivity index is 2.18. The lowest BCUT2D eigenvalue weighted by molar-refractivity contribution is -0.385. The number of nitrogens with zero attached hydrogens (tertiary/aromatic N) is 3. The number of phenolic OH excluding ortho intramolecular Hbond substituents is 1. The number of nitro benzene ring substituents is 2. The van der Waals surface area contributed by atoms with Crippen LogP contribution in [-0.4, -0.2) is 32.0 Å². The molecule has 3 aromatic rings. The maximum Gasteiger partial charge on any atom is 0.315 e. The molecule has 0 saturated carbocycles. The molecule has 24 heavy (non-hydrogen) atoms. The topological polar surface area (TPSA) is 144 Å². The van der Waals surface area contributed by atoms with Crippen molar-refractivity contribution in [3.05, 3.63) is 50.6 Å². The van der Waals surface area contributed by atoms with E-state index in [9.17, 15) is 25.3 Å². The molecule has 1 heterocycles. The second-order valence-corrected chi connectivity index (χ2v) is 4.85. The van der Waals surface area contributed by atoms with Gasteiger partial charge in [0.25, 0.3) is 5.69 Å².